The monoisotopic (exact) mass is 348 g/mol. The van der Waals surface area contributed by atoms with E-state index in [2.05, 4.69) is 4.72 Å². The Balaban J connectivity index is 0.00000242. The van der Waals surface area contributed by atoms with Crippen LogP contribution in [0.25, 0.3) is 0 Å². The van der Waals surface area contributed by atoms with E-state index in [0.717, 1.165) is 24.0 Å². The lowest BCUT2D eigenvalue weighted by atomic mass is 9.98. The molecule has 1 aliphatic rings. The van der Waals surface area contributed by atoms with Crippen molar-refractivity contribution >= 4 is 22.4 Å². The Hall–Kier alpha value is -0.820. The molecule has 0 spiro atoms. The molecule has 0 bridgehead atoms. The fourth-order valence-electron chi connectivity index (χ4n) is 2.75. The van der Waals surface area contributed by atoms with Crippen molar-refractivity contribution in [1.29, 1.82) is 0 Å². The standard InChI is InChI=1S/C15H24N2O3S.ClH/c1-10-7-11(2)14(20-4)13(8-10)21(18,19)17-15(3,9-16)12-5-6-12;/h7-8,12,17H,5-6,9,16H2,1-4H3;1H. The first-order valence-corrected chi connectivity index (χ1v) is 8.61. The number of nitrogens with one attached hydrogen (secondary N) is 1. The summed E-state index contributed by atoms with van der Waals surface area (Å²) in [6, 6.07) is 3.54. The van der Waals surface area contributed by atoms with Crippen molar-refractivity contribution in [3.8, 4) is 5.75 Å². The van der Waals surface area contributed by atoms with Crippen LogP contribution in [0.3, 0.4) is 0 Å². The molecule has 0 saturated heterocycles. The Labute approximate surface area is 139 Å². The Morgan fingerprint density at radius 3 is 2.41 bits per heavy atom. The fourth-order valence-corrected chi connectivity index (χ4v) is 4.55. The summed E-state index contributed by atoms with van der Waals surface area (Å²) in [6.07, 6.45) is 2.03. The van der Waals surface area contributed by atoms with Crippen molar-refractivity contribution in [3.63, 3.8) is 0 Å². The minimum Gasteiger partial charge on any atom is -0.495 e. The van der Waals surface area contributed by atoms with Gasteiger partial charge in [0.2, 0.25) is 10.0 Å². The molecule has 7 heteroatoms. The van der Waals surface area contributed by atoms with Crippen molar-refractivity contribution in [2.24, 2.45) is 11.7 Å². The maximum atomic E-state index is 12.8. The first kappa shape index (κ1) is 19.2. The maximum absolute atomic E-state index is 12.8. The highest BCUT2D eigenvalue weighted by Gasteiger charge is 2.43. The normalized spacial score (nSPS) is 17.5. The minimum atomic E-state index is -3.68. The number of halogens is 1. The van der Waals surface area contributed by atoms with Crippen LogP contribution in [0.5, 0.6) is 5.75 Å². The van der Waals surface area contributed by atoms with Crippen LogP contribution < -0.4 is 15.2 Å². The number of hydrogen-bond acceptors (Lipinski definition) is 4. The quantitative estimate of drug-likeness (QED) is 0.825. The van der Waals surface area contributed by atoms with E-state index in [9.17, 15) is 8.42 Å². The molecule has 1 saturated carbocycles. The Bertz CT molecular complexity index is 644. The smallest absolute Gasteiger partial charge is 0.244 e. The van der Waals surface area contributed by atoms with E-state index in [0.29, 0.717) is 11.7 Å². The van der Waals surface area contributed by atoms with Crippen LogP contribution in [0.15, 0.2) is 17.0 Å². The van der Waals surface area contributed by atoms with Gasteiger partial charge in [0.1, 0.15) is 10.6 Å². The van der Waals surface area contributed by atoms with Gasteiger partial charge >= 0.3 is 0 Å². The van der Waals surface area contributed by atoms with Gasteiger partial charge in [0.05, 0.1) is 7.11 Å². The zero-order chi connectivity index (χ0) is 15.8. The molecule has 5 nitrogen and oxygen atoms in total. The number of methoxy groups -OCH3 is 1. The van der Waals surface area contributed by atoms with Crippen LogP contribution in [0.2, 0.25) is 0 Å². The number of aryl methyl sites for hydroxylation is 2. The molecule has 1 atom stereocenters. The second-order valence-corrected chi connectivity index (χ2v) is 7.77. The lowest BCUT2D eigenvalue weighted by Crippen LogP contribution is -2.53. The number of benzene rings is 1. The zero-order valence-electron chi connectivity index (χ0n) is 13.5. The Morgan fingerprint density at radius 1 is 1.36 bits per heavy atom. The lowest BCUT2D eigenvalue weighted by Gasteiger charge is -2.29. The molecule has 22 heavy (non-hydrogen) atoms. The average Bonchev–Trinajstić information content (AvgIpc) is 3.22. The number of ether oxygens (including phenoxy) is 1. The summed E-state index contributed by atoms with van der Waals surface area (Å²) in [7, 11) is -2.19. The van der Waals surface area contributed by atoms with Crippen molar-refractivity contribution in [3.05, 3.63) is 23.3 Å². The van der Waals surface area contributed by atoms with Gasteiger partial charge < -0.3 is 10.5 Å². The van der Waals surface area contributed by atoms with Crippen LogP contribution in [-0.2, 0) is 10.0 Å². The number of sulfonamides is 1. The zero-order valence-corrected chi connectivity index (χ0v) is 15.1. The van der Waals surface area contributed by atoms with E-state index in [1.807, 2.05) is 26.8 Å². The van der Waals surface area contributed by atoms with Gasteiger partial charge in [-0.05, 0) is 56.7 Å². The minimum absolute atomic E-state index is 0. The molecule has 1 unspecified atom stereocenters. The van der Waals surface area contributed by atoms with Crippen LogP contribution in [0.1, 0.15) is 30.9 Å². The van der Waals surface area contributed by atoms with E-state index >= 15 is 0 Å². The molecule has 0 aromatic heterocycles. The van der Waals surface area contributed by atoms with Crippen molar-refractivity contribution < 1.29 is 13.2 Å². The molecule has 0 amide bonds. The molecule has 0 aliphatic heterocycles. The molecular formula is C15H25ClN2O3S. The second kappa shape index (κ2) is 6.74. The van der Waals surface area contributed by atoms with E-state index in [1.165, 1.54) is 7.11 Å². The highest BCUT2D eigenvalue weighted by molar-refractivity contribution is 7.89. The maximum Gasteiger partial charge on any atom is 0.244 e. The molecule has 1 aromatic carbocycles. The van der Waals surface area contributed by atoms with Gasteiger partial charge in [-0.2, -0.15) is 0 Å². The largest absolute Gasteiger partial charge is 0.495 e. The van der Waals surface area contributed by atoms with Gasteiger partial charge in [0.15, 0.2) is 0 Å². The van der Waals surface area contributed by atoms with E-state index < -0.39 is 15.6 Å². The first-order chi connectivity index (χ1) is 9.73. The van der Waals surface area contributed by atoms with Crippen LogP contribution in [0, 0.1) is 19.8 Å². The van der Waals surface area contributed by atoms with Crippen LogP contribution >= 0.6 is 12.4 Å². The fraction of sp³-hybridized carbons (Fsp3) is 0.600. The van der Waals surface area contributed by atoms with Gasteiger partial charge in [-0.1, -0.05) is 6.07 Å². The molecule has 1 aromatic rings. The third-order valence-electron chi connectivity index (χ3n) is 4.15. The predicted molar refractivity (Wildman–Crippen MR) is 90.2 cm³/mol. The lowest BCUT2D eigenvalue weighted by molar-refractivity contribution is 0.370. The van der Waals surface area contributed by atoms with Crippen molar-refractivity contribution in [2.45, 2.75) is 44.0 Å². The van der Waals surface area contributed by atoms with E-state index in [-0.39, 0.29) is 23.8 Å². The van der Waals surface area contributed by atoms with Crippen molar-refractivity contribution in [1.82, 2.24) is 4.72 Å². The molecule has 0 radical (unpaired) electrons. The Morgan fingerprint density at radius 2 is 1.95 bits per heavy atom. The predicted octanol–water partition coefficient (Wildman–Crippen LogP) is 2.14. The van der Waals surface area contributed by atoms with Crippen molar-refractivity contribution in [2.75, 3.05) is 13.7 Å². The van der Waals surface area contributed by atoms with Gasteiger partial charge in [0.25, 0.3) is 0 Å². The summed E-state index contributed by atoms with van der Waals surface area (Å²) in [5.41, 5.74) is 6.90. The first-order valence-electron chi connectivity index (χ1n) is 7.13. The van der Waals surface area contributed by atoms with Crippen LogP contribution in [-0.4, -0.2) is 27.6 Å². The summed E-state index contributed by atoms with van der Waals surface area (Å²) >= 11 is 0. The molecule has 0 heterocycles. The number of rotatable bonds is 6. The van der Waals surface area contributed by atoms with Gasteiger partial charge in [-0.25, -0.2) is 13.1 Å². The molecule has 2 rings (SSSR count). The number of nitrogens with two attached hydrogens (primary N) is 1. The summed E-state index contributed by atoms with van der Waals surface area (Å²) in [4.78, 5) is 0.183. The summed E-state index contributed by atoms with van der Waals surface area (Å²) < 4.78 is 33.6. The summed E-state index contributed by atoms with van der Waals surface area (Å²) in [5, 5.41) is 0. The van der Waals surface area contributed by atoms with E-state index in [4.69, 9.17) is 10.5 Å². The van der Waals surface area contributed by atoms with Gasteiger partial charge in [-0.3, -0.25) is 0 Å². The molecule has 1 aliphatic carbocycles. The third-order valence-corrected chi connectivity index (χ3v) is 5.77. The highest BCUT2D eigenvalue weighted by atomic mass is 35.5. The SMILES string of the molecule is COc1c(C)cc(C)cc1S(=O)(=O)NC(C)(CN)C1CC1.Cl. The summed E-state index contributed by atoms with van der Waals surface area (Å²) in [5.74, 6) is 0.706. The van der Waals surface area contributed by atoms with Gasteiger partial charge in [-0.15, -0.1) is 12.4 Å². The molecule has 3 N–H and O–H groups in total. The average molecular weight is 349 g/mol. The molecular weight excluding hydrogens is 324 g/mol. The van der Waals surface area contributed by atoms with Crippen LogP contribution in [0.4, 0.5) is 0 Å². The molecule has 126 valence electrons. The molecule has 1 fully saturated rings. The number of hydrogen-bond donors (Lipinski definition) is 2. The second-order valence-electron chi connectivity index (χ2n) is 6.11. The highest BCUT2D eigenvalue weighted by Crippen LogP contribution is 2.40. The topological polar surface area (TPSA) is 81.4 Å². The third kappa shape index (κ3) is 3.74. The van der Waals surface area contributed by atoms with Gasteiger partial charge in [0, 0.05) is 12.1 Å². The Kier molecular flexibility index (Phi) is 5.89. The summed E-state index contributed by atoms with van der Waals surface area (Å²) in [6.45, 7) is 5.86. The van der Waals surface area contributed by atoms with E-state index in [1.54, 1.807) is 6.07 Å².